The van der Waals surface area contributed by atoms with E-state index >= 15 is 0 Å². The van der Waals surface area contributed by atoms with Gasteiger partial charge in [0.1, 0.15) is 11.5 Å². The Morgan fingerprint density at radius 3 is 2.58 bits per heavy atom. The van der Waals surface area contributed by atoms with Gasteiger partial charge in [-0.15, -0.1) is 0 Å². The number of hydrogen-bond donors (Lipinski definition) is 2. The fraction of sp³-hybridized carbons (Fsp3) is 0.389. The van der Waals surface area contributed by atoms with E-state index in [0.717, 1.165) is 60.1 Å². The molecule has 0 amide bonds. The fourth-order valence-corrected chi connectivity index (χ4v) is 3.67. The maximum Gasteiger partial charge on any atom is 0.148 e. The number of aromatic amines is 1. The molecule has 1 fully saturated rings. The standard InChI is InChI=1S/C18H20ClN5/c19-14-7-15-13(10-21-16(15)22-11-14)6-12-8-23-17(24-9-12)18(20)4-2-1-3-5-18/h7-11H,1-6,20H2,(H,21,22). The highest BCUT2D eigenvalue weighted by atomic mass is 35.5. The summed E-state index contributed by atoms with van der Waals surface area (Å²) in [5.41, 5.74) is 9.19. The average molecular weight is 342 g/mol. The lowest BCUT2D eigenvalue weighted by Gasteiger charge is -2.31. The SMILES string of the molecule is NC1(c2ncc(Cc3c[nH]c4ncc(Cl)cc34)cn2)CCCCC1. The first-order chi connectivity index (χ1) is 11.6. The van der Waals surface area contributed by atoms with Crippen LogP contribution in [-0.4, -0.2) is 19.9 Å². The molecule has 0 aliphatic heterocycles. The Labute approximate surface area is 145 Å². The second-order valence-corrected chi connectivity index (χ2v) is 7.11. The van der Waals surface area contributed by atoms with Crippen LogP contribution in [0.4, 0.5) is 0 Å². The molecule has 5 nitrogen and oxygen atoms in total. The molecule has 1 aliphatic rings. The van der Waals surface area contributed by atoms with Crippen LogP contribution in [0.5, 0.6) is 0 Å². The lowest BCUT2D eigenvalue weighted by atomic mass is 9.82. The molecule has 0 aromatic carbocycles. The van der Waals surface area contributed by atoms with Crippen molar-refractivity contribution in [3.63, 3.8) is 0 Å². The Morgan fingerprint density at radius 2 is 1.83 bits per heavy atom. The third-order valence-corrected chi connectivity index (χ3v) is 5.08. The summed E-state index contributed by atoms with van der Waals surface area (Å²) < 4.78 is 0. The first kappa shape index (κ1) is 15.5. The van der Waals surface area contributed by atoms with Crippen LogP contribution >= 0.6 is 11.6 Å². The third-order valence-electron chi connectivity index (χ3n) is 4.87. The van der Waals surface area contributed by atoms with E-state index in [2.05, 4.69) is 19.9 Å². The van der Waals surface area contributed by atoms with E-state index in [-0.39, 0.29) is 5.54 Å². The summed E-state index contributed by atoms with van der Waals surface area (Å²) in [5, 5.41) is 1.67. The van der Waals surface area contributed by atoms with Crippen molar-refractivity contribution in [2.24, 2.45) is 5.73 Å². The molecule has 0 unspecified atom stereocenters. The van der Waals surface area contributed by atoms with Gasteiger partial charge in [0.2, 0.25) is 0 Å². The Morgan fingerprint density at radius 1 is 1.08 bits per heavy atom. The van der Waals surface area contributed by atoms with Crippen molar-refractivity contribution < 1.29 is 0 Å². The molecule has 3 aromatic rings. The largest absolute Gasteiger partial charge is 0.346 e. The van der Waals surface area contributed by atoms with Crippen LogP contribution in [0.2, 0.25) is 5.02 Å². The molecule has 0 bridgehead atoms. The highest BCUT2D eigenvalue weighted by Crippen LogP contribution is 2.32. The molecular formula is C18H20ClN5. The van der Waals surface area contributed by atoms with Crippen LogP contribution in [0.1, 0.15) is 49.1 Å². The van der Waals surface area contributed by atoms with Gasteiger partial charge in [-0.25, -0.2) is 15.0 Å². The normalized spacial score (nSPS) is 17.2. The predicted molar refractivity (Wildman–Crippen MR) is 94.9 cm³/mol. The third kappa shape index (κ3) is 2.89. The molecule has 1 aliphatic carbocycles. The zero-order chi connectivity index (χ0) is 16.6. The highest BCUT2D eigenvalue weighted by molar-refractivity contribution is 6.31. The van der Waals surface area contributed by atoms with Crippen molar-refractivity contribution in [2.45, 2.75) is 44.1 Å². The molecule has 0 saturated heterocycles. The van der Waals surface area contributed by atoms with E-state index in [1.165, 1.54) is 6.42 Å². The first-order valence-electron chi connectivity index (χ1n) is 8.36. The fourth-order valence-electron chi connectivity index (χ4n) is 3.51. The van der Waals surface area contributed by atoms with Gasteiger partial charge in [0, 0.05) is 36.6 Å². The van der Waals surface area contributed by atoms with Crippen LogP contribution in [0.25, 0.3) is 11.0 Å². The smallest absolute Gasteiger partial charge is 0.148 e. The van der Waals surface area contributed by atoms with Crippen LogP contribution in [0.3, 0.4) is 0 Å². The molecule has 4 rings (SSSR count). The maximum absolute atomic E-state index is 6.50. The van der Waals surface area contributed by atoms with E-state index in [4.69, 9.17) is 17.3 Å². The molecule has 24 heavy (non-hydrogen) atoms. The minimum absolute atomic E-state index is 0.352. The lowest BCUT2D eigenvalue weighted by Crippen LogP contribution is -2.40. The number of fused-ring (bicyclic) bond motifs is 1. The molecule has 1 saturated carbocycles. The average Bonchev–Trinajstić information content (AvgIpc) is 2.98. The Kier molecular flexibility index (Phi) is 3.98. The molecule has 0 atom stereocenters. The van der Waals surface area contributed by atoms with Gasteiger partial charge in [0.15, 0.2) is 0 Å². The molecule has 0 radical (unpaired) electrons. The van der Waals surface area contributed by atoms with Crippen molar-refractivity contribution >= 4 is 22.6 Å². The van der Waals surface area contributed by atoms with E-state index < -0.39 is 0 Å². The van der Waals surface area contributed by atoms with Crippen molar-refractivity contribution in [3.8, 4) is 0 Å². The van der Waals surface area contributed by atoms with Gasteiger partial charge in [0.25, 0.3) is 0 Å². The summed E-state index contributed by atoms with van der Waals surface area (Å²) in [6.07, 6.45) is 13.6. The molecule has 124 valence electrons. The van der Waals surface area contributed by atoms with Gasteiger partial charge in [-0.05, 0) is 30.0 Å². The Bertz CT molecular complexity index is 849. The Hall–Kier alpha value is -1.98. The molecule has 6 heteroatoms. The minimum atomic E-state index is -0.352. The quantitative estimate of drug-likeness (QED) is 0.760. The molecule has 3 aromatic heterocycles. The van der Waals surface area contributed by atoms with Gasteiger partial charge < -0.3 is 10.7 Å². The lowest BCUT2D eigenvalue weighted by molar-refractivity contribution is 0.286. The summed E-state index contributed by atoms with van der Waals surface area (Å²) in [5.74, 6) is 0.773. The van der Waals surface area contributed by atoms with Gasteiger partial charge in [-0.2, -0.15) is 0 Å². The molecule has 3 heterocycles. The summed E-state index contributed by atoms with van der Waals surface area (Å²) in [7, 11) is 0. The second-order valence-electron chi connectivity index (χ2n) is 6.67. The number of pyridine rings is 1. The second kappa shape index (κ2) is 6.15. The van der Waals surface area contributed by atoms with Crippen molar-refractivity contribution in [1.29, 1.82) is 0 Å². The summed E-state index contributed by atoms with van der Waals surface area (Å²) in [4.78, 5) is 16.6. The monoisotopic (exact) mass is 341 g/mol. The van der Waals surface area contributed by atoms with Crippen LogP contribution in [0.15, 0.2) is 30.9 Å². The van der Waals surface area contributed by atoms with Crippen LogP contribution in [0, 0.1) is 0 Å². The summed E-state index contributed by atoms with van der Waals surface area (Å²) in [6.45, 7) is 0. The summed E-state index contributed by atoms with van der Waals surface area (Å²) in [6, 6.07) is 1.93. The number of nitrogens with one attached hydrogen (secondary N) is 1. The van der Waals surface area contributed by atoms with Crippen molar-refractivity contribution in [1.82, 2.24) is 19.9 Å². The van der Waals surface area contributed by atoms with E-state index in [0.29, 0.717) is 5.02 Å². The highest BCUT2D eigenvalue weighted by Gasteiger charge is 2.32. The molecule has 3 N–H and O–H groups in total. The van der Waals surface area contributed by atoms with E-state index in [1.54, 1.807) is 6.20 Å². The minimum Gasteiger partial charge on any atom is -0.346 e. The number of aromatic nitrogens is 4. The van der Waals surface area contributed by atoms with Gasteiger partial charge in [-0.3, -0.25) is 0 Å². The zero-order valence-corrected chi connectivity index (χ0v) is 14.2. The topological polar surface area (TPSA) is 80.5 Å². The predicted octanol–water partition coefficient (Wildman–Crippen LogP) is 3.72. The maximum atomic E-state index is 6.50. The zero-order valence-electron chi connectivity index (χ0n) is 13.4. The number of halogens is 1. The number of nitrogens with two attached hydrogens (primary N) is 1. The van der Waals surface area contributed by atoms with Crippen LogP contribution in [-0.2, 0) is 12.0 Å². The Balaban J connectivity index is 1.57. The van der Waals surface area contributed by atoms with Crippen LogP contribution < -0.4 is 5.73 Å². The number of H-pyrrole nitrogens is 1. The molecular weight excluding hydrogens is 322 g/mol. The number of rotatable bonds is 3. The van der Waals surface area contributed by atoms with Crippen molar-refractivity contribution in [2.75, 3.05) is 0 Å². The summed E-state index contributed by atoms with van der Waals surface area (Å²) >= 11 is 6.06. The number of nitrogens with zero attached hydrogens (tertiary/aromatic N) is 3. The van der Waals surface area contributed by atoms with E-state index in [9.17, 15) is 0 Å². The number of hydrogen-bond acceptors (Lipinski definition) is 4. The van der Waals surface area contributed by atoms with Gasteiger partial charge in [0.05, 0.1) is 10.6 Å². The first-order valence-corrected chi connectivity index (χ1v) is 8.74. The molecule has 0 spiro atoms. The van der Waals surface area contributed by atoms with Crippen molar-refractivity contribution in [3.05, 3.63) is 52.8 Å². The van der Waals surface area contributed by atoms with E-state index in [1.807, 2.05) is 24.7 Å². The van der Waals surface area contributed by atoms with Gasteiger partial charge >= 0.3 is 0 Å². The van der Waals surface area contributed by atoms with Gasteiger partial charge in [-0.1, -0.05) is 30.9 Å².